The standard InChI is InChI=1S/C7H12FN/c1-3-7(8)5-4-6-9-2/h3-5,9H,6H2,1-2H3/b5-4-,7-3+. The summed E-state index contributed by atoms with van der Waals surface area (Å²) in [6.45, 7) is 2.38. The van der Waals surface area contributed by atoms with Crippen LogP contribution in [0, 0.1) is 0 Å². The van der Waals surface area contributed by atoms with Crippen LogP contribution in [-0.4, -0.2) is 13.6 Å². The van der Waals surface area contributed by atoms with E-state index in [2.05, 4.69) is 5.32 Å². The molecule has 0 rings (SSSR count). The van der Waals surface area contributed by atoms with Crippen molar-refractivity contribution in [3.8, 4) is 0 Å². The van der Waals surface area contributed by atoms with Gasteiger partial charge in [-0.2, -0.15) is 0 Å². The molecular weight excluding hydrogens is 117 g/mol. The summed E-state index contributed by atoms with van der Waals surface area (Å²) >= 11 is 0. The quantitative estimate of drug-likeness (QED) is 0.571. The molecule has 52 valence electrons. The van der Waals surface area contributed by atoms with Crippen molar-refractivity contribution < 1.29 is 4.39 Å². The zero-order chi connectivity index (χ0) is 7.11. The molecule has 1 nitrogen and oxygen atoms in total. The van der Waals surface area contributed by atoms with E-state index >= 15 is 0 Å². The molecule has 9 heavy (non-hydrogen) atoms. The highest BCUT2D eigenvalue weighted by Gasteiger charge is 1.79. The van der Waals surface area contributed by atoms with Crippen LogP contribution in [0.1, 0.15) is 6.92 Å². The SMILES string of the molecule is C/C=C(F)\C=C/CNC. The fraction of sp³-hybridized carbons (Fsp3) is 0.429. The zero-order valence-electron chi connectivity index (χ0n) is 5.82. The lowest BCUT2D eigenvalue weighted by Gasteiger charge is -1.85. The third-order valence-corrected chi connectivity index (χ3v) is 0.875. The van der Waals surface area contributed by atoms with Crippen LogP contribution in [0.3, 0.4) is 0 Å². The lowest BCUT2D eigenvalue weighted by molar-refractivity contribution is 0.664. The molecule has 0 aromatic heterocycles. The number of rotatable bonds is 3. The molecule has 0 aliphatic rings. The van der Waals surface area contributed by atoms with Crippen LogP contribution in [0.4, 0.5) is 4.39 Å². The summed E-state index contributed by atoms with van der Waals surface area (Å²) in [4.78, 5) is 0. The van der Waals surface area contributed by atoms with E-state index in [1.165, 1.54) is 12.2 Å². The predicted molar refractivity (Wildman–Crippen MR) is 37.9 cm³/mol. The van der Waals surface area contributed by atoms with Gasteiger partial charge in [-0.1, -0.05) is 12.2 Å². The first kappa shape index (κ1) is 8.37. The van der Waals surface area contributed by atoms with Crippen LogP contribution in [0.2, 0.25) is 0 Å². The third kappa shape index (κ3) is 5.24. The van der Waals surface area contributed by atoms with Crippen molar-refractivity contribution in [2.45, 2.75) is 6.92 Å². The molecule has 0 spiro atoms. The zero-order valence-corrected chi connectivity index (χ0v) is 5.82. The molecule has 0 aromatic carbocycles. The molecule has 0 saturated heterocycles. The minimum atomic E-state index is -0.190. The van der Waals surface area contributed by atoms with E-state index in [4.69, 9.17) is 0 Å². The minimum absolute atomic E-state index is 0.190. The molecule has 0 unspecified atom stereocenters. The van der Waals surface area contributed by atoms with Crippen LogP contribution in [0.15, 0.2) is 24.1 Å². The second kappa shape index (κ2) is 5.51. The molecule has 0 aliphatic heterocycles. The topological polar surface area (TPSA) is 12.0 Å². The van der Waals surface area contributed by atoms with Gasteiger partial charge in [-0.25, -0.2) is 4.39 Å². The maximum Gasteiger partial charge on any atom is 0.118 e. The summed E-state index contributed by atoms with van der Waals surface area (Å²) in [6, 6.07) is 0. The predicted octanol–water partition coefficient (Wildman–Crippen LogP) is 1.64. The molecule has 0 atom stereocenters. The summed E-state index contributed by atoms with van der Waals surface area (Å²) < 4.78 is 12.2. The maximum atomic E-state index is 12.2. The molecule has 0 fully saturated rings. The number of likely N-dealkylation sites (N-methyl/N-ethyl adjacent to an activating group) is 1. The monoisotopic (exact) mass is 129 g/mol. The fourth-order valence-electron chi connectivity index (χ4n) is 0.386. The molecule has 0 aliphatic carbocycles. The van der Waals surface area contributed by atoms with E-state index in [0.717, 1.165) is 0 Å². The summed E-state index contributed by atoms with van der Waals surface area (Å²) in [7, 11) is 1.82. The summed E-state index contributed by atoms with van der Waals surface area (Å²) in [5, 5.41) is 2.87. The highest BCUT2D eigenvalue weighted by atomic mass is 19.1. The highest BCUT2D eigenvalue weighted by Crippen LogP contribution is 1.95. The Morgan fingerprint density at radius 2 is 2.33 bits per heavy atom. The Morgan fingerprint density at radius 1 is 1.67 bits per heavy atom. The van der Waals surface area contributed by atoms with Gasteiger partial charge in [0, 0.05) is 6.54 Å². The average Bonchev–Trinajstić information content (AvgIpc) is 1.89. The van der Waals surface area contributed by atoms with Crippen LogP contribution in [0.25, 0.3) is 0 Å². The largest absolute Gasteiger partial charge is 0.316 e. The van der Waals surface area contributed by atoms with Gasteiger partial charge in [-0.05, 0) is 20.0 Å². The van der Waals surface area contributed by atoms with E-state index < -0.39 is 0 Å². The Morgan fingerprint density at radius 3 is 2.78 bits per heavy atom. The number of halogens is 1. The van der Waals surface area contributed by atoms with Crippen molar-refractivity contribution in [3.63, 3.8) is 0 Å². The van der Waals surface area contributed by atoms with E-state index in [1.807, 2.05) is 7.05 Å². The lowest BCUT2D eigenvalue weighted by atomic mass is 10.4. The summed E-state index contributed by atoms with van der Waals surface area (Å²) in [5.74, 6) is -0.190. The van der Waals surface area contributed by atoms with Crippen LogP contribution < -0.4 is 5.32 Å². The first-order valence-corrected chi connectivity index (χ1v) is 2.94. The number of hydrogen-bond acceptors (Lipinski definition) is 1. The summed E-state index contributed by atoms with van der Waals surface area (Å²) in [6.07, 6.45) is 4.60. The Hall–Kier alpha value is -0.630. The lowest BCUT2D eigenvalue weighted by Crippen LogP contribution is -2.03. The van der Waals surface area contributed by atoms with Gasteiger partial charge in [0.15, 0.2) is 0 Å². The Labute approximate surface area is 55.3 Å². The number of allylic oxidation sites excluding steroid dienone is 3. The van der Waals surface area contributed by atoms with Gasteiger partial charge < -0.3 is 5.32 Å². The average molecular weight is 129 g/mol. The summed E-state index contributed by atoms with van der Waals surface area (Å²) in [5.41, 5.74) is 0. The van der Waals surface area contributed by atoms with Crippen molar-refractivity contribution in [2.24, 2.45) is 0 Å². The van der Waals surface area contributed by atoms with Crippen molar-refractivity contribution in [3.05, 3.63) is 24.1 Å². The van der Waals surface area contributed by atoms with E-state index in [-0.39, 0.29) is 5.83 Å². The van der Waals surface area contributed by atoms with E-state index in [9.17, 15) is 4.39 Å². The van der Waals surface area contributed by atoms with E-state index in [1.54, 1.807) is 13.0 Å². The Balaban J connectivity index is 3.45. The van der Waals surface area contributed by atoms with Gasteiger partial charge in [0.1, 0.15) is 5.83 Å². The van der Waals surface area contributed by atoms with Crippen LogP contribution in [0.5, 0.6) is 0 Å². The molecule has 2 heteroatoms. The molecule has 0 saturated carbocycles. The Kier molecular flexibility index (Phi) is 5.12. The molecule has 0 radical (unpaired) electrons. The second-order valence-electron chi connectivity index (χ2n) is 1.63. The van der Waals surface area contributed by atoms with Crippen LogP contribution in [-0.2, 0) is 0 Å². The van der Waals surface area contributed by atoms with E-state index in [0.29, 0.717) is 6.54 Å². The van der Waals surface area contributed by atoms with Gasteiger partial charge in [-0.3, -0.25) is 0 Å². The number of nitrogens with one attached hydrogen (secondary N) is 1. The fourth-order valence-corrected chi connectivity index (χ4v) is 0.386. The van der Waals surface area contributed by atoms with Crippen molar-refractivity contribution in [2.75, 3.05) is 13.6 Å². The number of hydrogen-bond donors (Lipinski definition) is 1. The minimum Gasteiger partial charge on any atom is -0.316 e. The molecule has 0 bridgehead atoms. The molecular formula is C7H12FN. The smallest absolute Gasteiger partial charge is 0.118 e. The molecule has 1 N–H and O–H groups in total. The van der Waals surface area contributed by atoms with Gasteiger partial charge in [0.25, 0.3) is 0 Å². The van der Waals surface area contributed by atoms with Crippen LogP contribution >= 0.6 is 0 Å². The van der Waals surface area contributed by atoms with Gasteiger partial charge in [0.2, 0.25) is 0 Å². The normalized spacial score (nSPS) is 13.0. The van der Waals surface area contributed by atoms with Gasteiger partial charge >= 0.3 is 0 Å². The van der Waals surface area contributed by atoms with Crippen molar-refractivity contribution >= 4 is 0 Å². The third-order valence-electron chi connectivity index (χ3n) is 0.875. The molecule has 0 aromatic rings. The van der Waals surface area contributed by atoms with Gasteiger partial charge in [0.05, 0.1) is 0 Å². The van der Waals surface area contributed by atoms with Gasteiger partial charge in [-0.15, -0.1) is 0 Å². The second-order valence-corrected chi connectivity index (χ2v) is 1.63. The molecule has 0 heterocycles. The first-order chi connectivity index (χ1) is 4.31. The van der Waals surface area contributed by atoms with Crippen molar-refractivity contribution in [1.82, 2.24) is 5.32 Å². The Bertz CT molecular complexity index is 116. The highest BCUT2D eigenvalue weighted by molar-refractivity contribution is 5.09. The van der Waals surface area contributed by atoms with Crippen molar-refractivity contribution in [1.29, 1.82) is 0 Å². The first-order valence-electron chi connectivity index (χ1n) is 2.94. The molecule has 0 amide bonds. The maximum absolute atomic E-state index is 12.2.